The van der Waals surface area contributed by atoms with Crippen molar-refractivity contribution in [2.24, 2.45) is 5.92 Å². The molecule has 2 aromatic carbocycles. The summed E-state index contributed by atoms with van der Waals surface area (Å²) in [7, 11) is 0. The number of thioether (sulfide) groups is 1. The Kier molecular flexibility index (Phi) is 5.95. The van der Waals surface area contributed by atoms with Crippen LogP contribution in [0.1, 0.15) is 30.9 Å². The number of amides is 1. The fraction of sp³-hybridized carbons (Fsp3) is 0.375. The van der Waals surface area contributed by atoms with Crippen LogP contribution >= 0.6 is 11.8 Å². The number of aryl methyl sites for hydroxylation is 2. The molecule has 4 rings (SSSR count). The molecule has 0 bridgehead atoms. The number of para-hydroxylation sites is 1. The van der Waals surface area contributed by atoms with E-state index >= 15 is 0 Å². The van der Waals surface area contributed by atoms with Gasteiger partial charge in [0.15, 0.2) is 5.16 Å². The van der Waals surface area contributed by atoms with Gasteiger partial charge in [0, 0.05) is 13.1 Å². The van der Waals surface area contributed by atoms with Gasteiger partial charge < -0.3 is 4.90 Å². The van der Waals surface area contributed by atoms with Crippen molar-refractivity contribution < 1.29 is 4.79 Å². The SMILES string of the molecule is Cc1ccc(C)c(-n2c(SCC(=O)N3CCC[C@H](C)C3)nc3ccccc3c2=O)c1. The quantitative estimate of drug-likeness (QED) is 0.464. The Hall–Kier alpha value is -2.60. The lowest BCUT2D eigenvalue weighted by molar-refractivity contribution is -0.130. The van der Waals surface area contributed by atoms with Crippen LogP contribution in [-0.4, -0.2) is 39.2 Å². The number of benzene rings is 2. The highest BCUT2D eigenvalue weighted by atomic mass is 32.2. The molecule has 0 saturated carbocycles. The van der Waals surface area contributed by atoms with E-state index in [-0.39, 0.29) is 17.2 Å². The fourth-order valence-electron chi connectivity index (χ4n) is 4.02. The Labute approximate surface area is 181 Å². The predicted octanol–water partition coefficient (Wildman–Crippen LogP) is 4.35. The highest BCUT2D eigenvalue weighted by Crippen LogP contribution is 2.25. The maximum atomic E-state index is 13.4. The molecule has 5 nitrogen and oxygen atoms in total. The third-order valence-corrected chi connectivity index (χ3v) is 6.61. The fourth-order valence-corrected chi connectivity index (χ4v) is 4.92. The van der Waals surface area contributed by atoms with E-state index in [1.165, 1.54) is 18.2 Å². The maximum Gasteiger partial charge on any atom is 0.266 e. The molecule has 2 heterocycles. The summed E-state index contributed by atoms with van der Waals surface area (Å²) in [5.74, 6) is 0.934. The molecule has 30 heavy (non-hydrogen) atoms. The summed E-state index contributed by atoms with van der Waals surface area (Å²) in [6.07, 6.45) is 2.23. The van der Waals surface area contributed by atoms with Crippen molar-refractivity contribution in [1.29, 1.82) is 0 Å². The van der Waals surface area contributed by atoms with Crippen molar-refractivity contribution in [3.05, 3.63) is 63.9 Å². The number of carbonyl (C=O) groups is 1. The van der Waals surface area contributed by atoms with Crippen LogP contribution in [0.2, 0.25) is 0 Å². The van der Waals surface area contributed by atoms with Crippen LogP contribution < -0.4 is 5.56 Å². The van der Waals surface area contributed by atoms with Crippen LogP contribution in [0.3, 0.4) is 0 Å². The summed E-state index contributed by atoms with van der Waals surface area (Å²) in [5.41, 5.74) is 3.45. The molecule has 3 aromatic rings. The van der Waals surface area contributed by atoms with Gasteiger partial charge in [-0.3, -0.25) is 14.2 Å². The molecule has 0 N–H and O–H groups in total. The molecule has 1 amide bonds. The molecule has 1 saturated heterocycles. The number of hydrogen-bond acceptors (Lipinski definition) is 4. The molecule has 0 unspecified atom stereocenters. The van der Waals surface area contributed by atoms with Crippen molar-refractivity contribution in [2.45, 2.75) is 38.8 Å². The lowest BCUT2D eigenvalue weighted by Gasteiger charge is -2.30. The zero-order chi connectivity index (χ0) is 21.3. The zero-order valence-corrected chi connectivity index (χ0v) is 18.5. The highest BCUT2D eigenvalue weighted by Gasteiger charge is 2.22. The number of piperidine rings is 1. The van der Waals surface area contributed by atoms with Crippen LogP contribution in [0, 0.1) is 19.8 Å². The highest BCUT2D eigenvalue weighted by molar-refractivity contribution is 7.99. The van der Waals surface area contributed by atoms with Crippen molar-refractivity contribution in [3.8, 4) is 5.69 Å². The Morgan fingerprint density at radius 3 is 2.80 bits per heavy atom. The summed E-state index contributed by atoms with van der Waals surface area (Å²) in [6, 6.07) is 13.4. The monoisotopic (exact) mass is 421 g/mol. The minimum atomic E-state index is -0.101. The zero-order valence-electron chi connectivity index (χ0n) is 17.7. The Morgan fingerprint density at radius 1 is 1.20 bits per heavy atom. The van der Waals surface area contributed by atoms with Gasteiger partial charge in [-0.25, -0.2) is 4.98 Å². The van der Waals surface area contributed by atoms with Crippen LogP contribution in [0.5, 0.6) is 0 Å². The minimum Gasteiger partial charge on any atom is -0.342 e. The van der Waals surface area contributed by atoms with E-state index < -0.39 is 0 Å². The number of hydrogen-bond donors (Lipinski definition) is 0. The first-order valence-corrected chi connectivity index (χ1v) is 11.4. The summed E-state index contributed by atoms with van der Waals surface area (Å²) < 4.78 is 1.67. The van der Waals surface area contributed by atoms with Crippen molar-refractivity contribution in [3.63, 3.8) is 0 Å². The molecule has 6 heteroatoms. The lowest BCUT2D eigenvalue weighted by Crippen LogP contribution is -2.40. The third-order valence-electron chi connectivity index (χ3n) is 5.68. The average molecular weight is 422 g/mol. The summed E-state index contributed by atoms with van der Waals surface area (Å²) in [6.45, 7) is 7.82. The largest absolute Gasteiger partial charge is 0.342 e. The second-order valence-electron chi connectivity index (χ2n) is 8.22. The van der Waals surface area contributed by atoms with Crippen molar-refractivity contribution in [1.82, 2.24) is 14.5 Å². The van der Waals surface area contributed by atoms with Crippen LogP contribution in [0.25, 0.3) is 16.6 Å². The molecule has 1 aliphatic heterocycles. The number of nitrogens with zero attached hydrogens (tertiary/aromatic N) is 3. The van der Waals surface area contributed by atoms with E-state index in [9.17, 15) is 9.59 Å². The molecule has 0 spiro atoms. The number of likely N-dealkylation sites (tertiary alicyclic amines) is 1. The van der Waals surface area contributed by atoms with Crippen molar-refractivity contribution in [2.75, 3.05) is 18.8 Å². The standard InChI is InChI=1S/C24H27N3O2S/c1-16-10-11-18(3)21(13-16)27-23(29)19-8-4-5-9-20(19)25-24(27)30-15-22(28)26-12-6-7-17(2)14-26/h4-5,8-11,13,17H,6-7,12,14-15H2,1-3H3/t17-/m0/s1. The van der Waals surface area contributed by atoms with Gasteiger partial charge in [-0.2, -0.15) is 0 Å². The van der Waals surface area contributed by atoms with Crippen molar-refractivity contribution >= 4 is 28.6 Å². The van der Waals surface area contributed by atoms with Gasteiger partial charge in [0.05, 0.1) is 22.3 Å². The maximum absolute atomic E-state index is 13.4. The first-order valence-electron chi connectivity index (χ1n) is 10.4. The van der Waals surface area contributed by atoms with Crippen LogP contribution in [-0.2, 0) is 4.79 Å². The Morgan fingerprint density at radius 2 is 2.00 bits per heavy atom. The Bertz CT molecular complexity index is 1150. The molecular formula is C24H27N3O2S. The predicted molar refractivity (Wildman–Crippen MR) is 123 cm³/mol. The van der Waals surface area contributed by atoms with Gasteiger partial charge in [0.2, 0.25) is 5.91 Å². The number of rotatable bonds is 4. The molecule has 1 atom stereocenters. The van der Waals surface area contributed by atoms with E-state index in [1.54, 1.807) is 10.6 Å². The summed E-state index contributed by atoms with van der Waals surface area (Å²) >= 11 is 1.35. The second kappa shape index (κ2) is 8.64. The smallest absolute Gasteiger partial charge is 0.266 e. The van der Waals surface area contributed by atoms with E-state index in [1.807, 2.05) is 55.1 Å². The Balaban J connectivity index is 1.74. The molecular weight excluding hydrogens is 394 g/mol. The number of fused-ring (bicyclic) bond motifs is 1. The van der Waals surface area contributed by atoms with Crippen LogP contribution in [0.15, 0.2) is 52.4 Å². The molecule has 1 aromatic heterocycles. The van der Waals surface area contributed by atoms with E-state index in [2.05, 4.69) is 6.92 Å². The summed E-state index contributed by atoms with van der Waals surface area (Å²) in [5, 5.41) is 1.14. The first kappa shape index (κ1) is 20.7. The van der Waals surface area contributed by atoms with E-state index in [0.717, 1.165) is 36.3 Å². The number of carbonyl (C=O) groups excluding carboxylic acids is 1. The normalized spacial score (nSPS) is 16.8. The number of aromatic nitrogens is 2. The van der Waals surface area contributed by atoms with Gasteiger partial charge in [0.1, 0.15) is 0 Å². The van der Waals surface area contributed by atoms with Gasteiger partial charge in [-0.05, 0) is 61.9 Å². The second-order valence-corrected chi connectivity index (χ2v) is 9.16. The molecule has 0 aliphatic carbocycles. The van der Waals surface area contributed by atoms with Gasteiger partial charge in [0.25, 0.3) is 5.56 Å². The summed E-state index contributed by atoms with van der Waals surface area (Å²) in [4.78, 5) is 33.0. The lowest BCUT2D eigenvalue weighted by atomic mass is 10.0. The van der Waals surface area contributed by atoms with Crippen LogP contribution in [0.4, 0.5) is 0 Å². The molecule has 1 fully saturated rings. The van der Waals surface area contributed by atoms with E-state index in [0.29, 0.717) is 22.0 Å². The van der Waals surface area contributed by atoms with Gasteiger partial charge >= 0.3 is 0 Å². The average Bonchev–Trinajstić information content (AvgIpc) is 2.74. The minimum absolute atomic E-state index is 0.101. The van der Waals surface area contributed by atoms with E-state index in [4.69, 9.17) is 4.98 Å². The van der Waals surface area contributed by atoms with Gasteiger partial charge in [-0.1, -0.05) is 43.0 Å². The topological polar surface area (TPSA) is 55.2 Å². The first-order chi connectivity index (χ1) is 14.4. The molecule has 156 valence electrons. The molecule has 1 aliphatic rings. The van der Waals surface area contributed by atoms with Gasteiger partial charge in [-0.15, -0.1) is 0 Å². The molecule has 0 radical (unpaired) electrons. The third kappa shape index (κ3) is 4.15.